The van der Waals surface area contributed by atoms with Gasteiger partial charge in [0.1, 0.15) is 10.5 Å². The summed E-state index contributed by atoms with van der Waals surface area (Å²) < 4.78 is 6.56. The third-order valence-corrected chi connectivity index (χ3v) is 3.95. The maximum Gasteiger partial charge on any atom is 0.263 e. The normalized spacial score (nSPS) is 10.9. The van der Waals surface area contributed by atoms with Crippen LogP contribution >= 0.6 is 27.7 Å². The average Bonchev–Trinajstić information content (AvgIpc) is 2.74. The van der Waals surface area contributed by atoms with Gasteiger partial charge >= 0.3 is 0 Å². The highest BCUT2D eigenvalue weighted by atomic mass is 79.9. The summed E-state index contributed by atoms with van der Waals surface area (Å²) in [5.41, 5.74) is 1.66. The van der Waals surface area contributed by atoms with E-state index in [1.54, 1.807) is 6.20 Å². The van der Waals surface area contributed by atoms with E-state index in [0.717, 1.165) is 20.6 Å². The van der Waals surface area contributed by atoms with Crippen molar-refractivity contribution in [1.82, 2.24) is 9.97 Å². The lowest BCUT2D eigenvalue weighted by atomic mass is 10.3. The van der Waals surface area contributed by atoms with Gasteiger partial charge in [-0.15, -0.1) is 0 Å². The molecule has 2 aromatic heterocycles. The molecule has 0 bridgehead atoms. The van der Waals surface area contributed by atoms with E-state index in [-0.39, 0.29) is 0 Å². The first-order chi connectivity index (χ1) is 8.33. The van der Waals surface area contributed by atoms with Crippen molar-refractivity contribution in [3.8, 4) is 0 Å². The van der Waals surface area contributed by atoms with E-state index in [2.05, 4.69) is 25.9 Å². The van der Waals surface area contributed by atoms with Gasteiger partial charge in [-0.05, 0) is 52.0 Å². The van der Waals surface area contributed by atoms with Crippen molar-refractivity contribution in [2.45, 2.75) is 10.2 Å². The number of oxazole rings is 1. The lowest BCUT2D eigenvalue weighted by Gasteiger charge is -1.97. The summed E-state index contributed by atoms with van der Waals surface area (Å²) in [6.45, 7) is 0. The summed E-state index contributed by atoms with van der Waals surface area (Å²) in [6, 6.07) is 11.5. The highest BCUT2D eigenvalue weighted by Crippen LogP contribution is 2.32. The average molecular weight is 307 g/mol. The quantitative estimate of drug-likeness (QED) is 0.713. The third-order valence-electron chi connectivity index (χ3n) is 2.18. The number of hydrogen-bond acceptors (Lipinski definition) is 4. The minimum Gasteiger partial charge on any atom is -0.431 e. The second-order valence-corrected chi connectivity index (χ2v) is 5.13. The molecule has 0 aliphatic carbocycles. The minimum atomic E-state index is 0.602. The van der Waals surface area contributed by atoms with Gasteiger partial charge < -0.3 is 4.42 Å². The Morgan fingerprint density at radius 3 is 2.82 bits per heavy atom. The predicted molar refractivity (Wildman–Crippen MR) is 70.1 cm³/mol. The van der Waals surface area contributed by atoms with Crippen molar-refractivity contribution < 1.29 is 4.42 Å². The molecular formula is C12H7BrN2OS. The second kappa shape index (κ2) is 4.50. The van der Waals surface area contributed by atoms with E-state index in [0.29, 0.717) is 5.22 Å². The smallest absolute Gasteiger partial charge is 0.263 e. The highest BCUT2D eigenvalue weighted by molar-refractivity contribution is 9.10. The van der Waals surface area contributed by atoms with Crippen LogP contribution < -0.4 is 0 Å². The number of nitrogens with zero attached hydrogens (tertiary/aromatic N) is 2. The second-order valence-electron chi connectivity index (χ2n) is 3.34. The Morgan fingerprint density at radius 2 is 2.00 bits per heavy atom. The van der Waals surface area contributed by atoms with Crippen LogP contribution in [0, 0.1) is 0 Å². The Kier molecular flexibility index (Phi) is 2.86. The lowest BCUT2D eigenvalue weighted by molar-refractivity contribution is 0.489. The van der Waals surface area contributed by atoms with Crippen LogP contribution in [-0.2, 0) is 0 Å². The molecule has 0 amide bonds. The number of para-hydroxylation sites is 2. The zero-order valence-corrected chi connectivity index (χ0v) is 11.0. The molecule has 0 saturated heterocycles. The van der Waals surface area contributed by atoms with Crippen molar-refractivity contribution in [3.63, 3.8) is 0 Å². The number of rotatable bonds is 2. The number of hydrogen-bond donors (Lipinski definition) is 0. The fourth-order valence-corrected chi connectivity index (χ4v) is 2.64. The van der Waals surface area contributed by atoms with Crippen molar-refractivity contribution in [1.29, 1.82) is 0 Å². The molecule has 3 aromatic rings. The molecule has 0 aliphatic rings. The molecule has 5 heteroatoms. The van der Waals surface area contributed by atoms with Crippen LogP contribution in [-0.4, -0.2) is 9.97 Å². The monoisotopic (exact) mass is 306 g/mol. The van der Waals surface area contributed by atoms with Gasteiger partial charge in [-0.3, -0.25) is 0 Å². The molecule has 0 spiro atoms. The molecular weight excluding hydrogens is 300 g/mol. The topological polar surface area (TPSA) is 38.9 Å². The highest BCUT2D eigenvalue weighted by Gasteiger charge is 2.09. The molecule has 3 nitrogen and oxygen atoms in total. The fraction of sp³-hybridized carbons (Fsp3) is 0. The van der Waals surface area contributed by atoms with Crippen LogP contribution in [0.25, 0.3) is 11.1 Å². The Balaban J connectivity index is 1.98. The molecule has 2 heterocycles. The third kappa shape index (κ3) is 2.21. The van der Waals surface area contributed by atoms with Gasteiger partial charge in [-0.2, -0.15) is 0 Å². The number of fused-ring (bicyclic) bond motifs is 1. The van der Waals surface area contributed by atoms with Crippen LogP contribution in [0.2, 0.25) is 0 Å². The summed E-state index contributed by atoms with van der Waals surface area (Å²) in [7, 11) is 0. The SMILES string of the molecule is Brc1cccnc1Sc1nc2ccccc2o1. The first-order valence-electron chi connectivity index (χ1n) is 4.97. The van der Waals surface area contributed by atoms with Gasteiger partial charge in [-0.1, -0.05) is 12.1 Å². The van der Waals surface area contributed by atoms with Crippen molar-refractivity contribution in [2.75, 3.05) is 0 Å². The van der Waals surface area contributed by atoms with Gasteiger partial charge in [-0.25, -0.2) is 9.97 Å². The van der Waals surface area contributed by atoms with Crippen LogP contribution in [0.4, 0.5) is 0 Å². The van der Waals surface area contributed by atoms with Gasteiger partial charge in [0.15, 0.2) is 5.58 Å². The summed E-state index contributed by atoms with van der Waals surface area (Å²) in [6.07, 6.45) is 1.75. The molecule has 0 radical (unpaired) electrons. The van der Waals surface area contributed by atoms with Crippen molar-refractivity contribution >= 4 is 38.8 Å². The van der Waals surface area contributed by atoms with E-state index in [1.165, 1.54) is 11.8 Å². The summed E-state index contributed by atoms with van der Waals surface area (Å²) in [5, 5.41) is 1.45. The van der Waals surface area contributed by atoms with Crippen LogP contribution in [0.1, 0.15) is 0 Å². The zero-order valence-electron chi connectivity index (χ0n) is 8.63. The Hall–Kier alpha value is -1.33. The molecule has 0 atom stereocenters. The first-order valence-corrected chi connectivity index (χ1v) is 6.58. The van der Waals surface area contributed by atoms with E-state index in [4.69, 9.17) is 4.42 Å². The molecule has 17 heavy (non-hydrogen) atoms. The maximum atomic E-state index is 5.62. The Bertz CT molecular complexity index is 635. The molecule has 3 rings (SSSR count). The van der Waals surface area contributed by atoms with Gasteiger partial charge in [0.25, 0.3) is 5.22 Å². The Morgan fingerprint density at radius 1 is 1.12 bits per heavy atom. The molecule has 0 unspecified atom stereocenters. The fourth-order valence-electron chi connectivity index (χ4n) is 1.42. The lowest BCUT2D eigenvalue weighted by Crippen LogP contribution is -1.80. The molecule has 84 valence electrons. The van der Waals surface area contributed by atoms with Gasteiger partial charge in [0.2, 0.25) is 0 Å². The number of aromatic nitrogens is 2. The number of halogens is 1. The largest absolute Gasteiger partial charge is 0.431 e. The van der Waals surface area contributed by atoms with Gasteiger partial charge in [0.05, 0.1) is 4.47 Å². The standard InChI is InChI=1S/C12H7BrN2OS/c13-8-4-3-7-14-11(8)17-12-15-9-5-1-2-6-10(9)16-12/h1-7H. The van der Waals surface area contributed by atoms with E-state index in [1.807, 2.05) is 36.4 Å². The maximum absolute atomic E-state index is 5.62. The zero-order chi connectivity index (χ0) is 11.7. The van der Waals surface area contributed by atoms with Crippen molar-refractivity contribution in [3.05, 3.63) is 47.1 Å². The summed E-state index contributed by atoms with van der Waals surface area (Å²) in [5.74, 6) is 0. The van der Waals surface area contributed by atoms with Crippen LogP contribution in [0.3, 0.4) is 0 Å². The minimum absolute atomic E-state index is 0.602. The number of benzene rings is 1. The molecule has 0 saturated carbocycles. The van der Waals surface area contributed by atoms with Crippen molar-refractivity contribution in [2.24, 2.45) is 0 Å². The summed E-state index contributed by atoms with van der Waals surface area (Å²) in [4.78, 5) is 8.64. The van der Waals surface area contributed by atoms with E-state index < -0.39 is 0 Å². The molecule has 1 aromatic carbocycles. The van der Waals surface area contributed by atoms with Crippen LogP contribution in [0.15, 0.2) is 61.7 Å². The first kappa shape index (κ1) is 10.8. The molecule has 0 fully saturated rings. The van der Waals surface area contributed by atoms with Gasteiger partial charge in [0, 0.05) is 6.20 Å². The molecule has 0 N–H and O–H groups in total. The Labute approximate surface area is 110 Å². The predicted octanol–water partition coefficient (Wildman–Crippen LogP) is 4.14. The summed E-state index contributed by atoms with van der Waals surface area (Å²) >= 11 is 4.85. The van der Waals surface area contributed by atoms with E-state index in [9.17, 15) is 0 Å². The van der Waals surface area contributed by atoms with Crippen LogP contribution in [0.5, 0.6) is 0 Å². The molecule has 0 aliphatic heterocycles. The number of pyridine rings is 1. The van der Waals surface area contributed by atoms with E-state index >= 15 is 0 Å².